The molecule has 1 aromatic carbocycles. The molecule has 2 heterocycles. The lowest BCUT2D eigenvalue weighted by Crippen LogP contribution is -2.35. The number of thiazole rings is 1. The smallest absolute Gasteiger partial charge is 0.280 e. The van der Waals surface area contributed by atoms with Gasteiger partial charge in [-0.3, -0.25) is 9.59 Å². The molecule has 0 atom stereocenters. The first kappa shape index (κ1) is 19.3. The first-order valence-corrected chi connectivity index (χ1v) is 9.58. The highest BCUT2D eigenvalue weighted by Gasteiger charge is 2.23. The van der Waals surface area contributed by atoms with E-state index >= 15 is 0 Å². The first-order chi connectivity index (χ1) is 13.1. The molecule has 0 radical (unpaired) electrons. The topological polar surface area (TPSA) is 80.8 Å². The van der Waals surface area contributed by atoms with E-state index < -0.39 is 0 Å². The number of hydrogen-bond donors (Lipinski definition) is 1. The van der Waals surface area contributed by atoms with Gasteiger partial charge in [0.15, 0.2) is 5.01 Å². The monoisotopic (exact) mass is 389 g/mol. The molecular formula is C19H23N3O4S. The average molecular weight is 389 g/mol. The number of carbonyl (C=O) groups is 2. The molecular weight excluding hydrogens is 366 g/mol. The third-order valence-corrected chi connectivity index (χ3v) is 5.56. The fraction of sp³-hybridized carbons (Fsp3) is 0.421. The second kappa shape index (κ2) is 8.96. The molecule has 0 bridgehead atoms. The average Bonchev–Trinajstić information content (AvgIpc) is 2.99. The van der Waals surface area contributed by atoms with Gasteiger partial charge in [0.1, 0.15) is 12.4 Å². The number of nitrogens with zero attached hydrogens (tertiary/aromatic N) is 2. The normalized spacial score (nSPS) is 13.6. The fourth-order valence-electron chi connectivity index (χ4n) is 2.96. The molecule has 0 spiro atoms. The minimum absolute atomic E-state index is 0.0103. The predicted octanol–water partition coefficient (Wildman–Crippen LogP) is 1.66. The Morgan fingerprint density at radius 1 is 1.26 bits per heavy atom. The molecule has 144 valence electrons. The zero-order valence-electron chi connectivity index (χ0n) is 15.5. The second-order valence-electron chi connectivity index (χ2n) is 6.24. The minimum atomic E-state index is -0.178. The number of carbonyl (C=O) groups excluding carboxylic acids is 2. The first-order valence-electron chi connectivity index (χ1n) is 8.77. The van der Waals surface area contributed by atoms with Crippen molar-refractivity contribution >= 4 is 23.2 Å². The molecule has 0 unspecified atom stereocenters. The van der Waals surface area contributed by atoms with Gasteiger partial charge in [0.05, 0.1) is 12.8 Å². The van der Waals surface area contributed by atoms with Gasteiger partial charge in [-0.1, -0.05) is 12.1 Å². The highest BCUT2D eigenvalue weighted by Crippen LogP contribution is 2.23. The van der Waals surface area contributed by atoms with Crippen molar-refractivity contribution in [2.75, 3.05) is 33.9 Å². The van der Waals surface area contributed by atoms with E-state index in [0.29, 0.717) is 37.5 Å². The number of ether oxygens (including phenoxy) is 2. The van der Waals surface area contributed by atoms with Gasteiger partial charge in [0, 0.05) is 44.5 Å². The Morgan fingerprint density at radius 3 is 2.85 bits per heavy atom. The van der Waals surface area contributed by atoms with Crippen molar-refractivity contribution in [1.82, 2.24) is 15.2 Å². The molecule has 1 aromatic heterocycles. The van der Waals surface area contributed by atoms with Crippen LogP contribution >= 0.6 is 11.3 Å². The van der Waals surface area contributed by atoms with Gasteiger partial charge in [0.2, 0.25) is 5.91 Å². The van der Waals surface area contributed by atoms with Crippen LogP contribution in [0.25, 0.3) is 0 Å². The van der Waals surface area contributed by atoms with E-state index in [4.69, 9.17) is 9.47 Å². The van der Waals surface area contributed by atoms with E-state index in [2.05, 4.69) is 10.3 Å². The van der Waals surface area contributed by atoms with Crippen molar-refractivity contribution in [1.29, 1.82) is 0 Å². The molecule has 0 aliphatic carbocycles. The summed E-state index contributed by atoms with van der Waals surface area (Å²) < 4.78 is 10.1. The van der Waals surface area contributed by atoms with Gasteiger partial charge in [-0.05, 0) is 17.7 Å². The van der Waals surface area contributed by atoms with Crippen molar-refractivity contribution < 1.29 is 19.1 Å². The number of hydrogen-bond acceptors (Lipinski definition) is 6. The van der Waals surface area contributed by atoms with Crippen LogP contribution in [0, 0.1) is 0 Å². The Balaban J connectivity index is 1.59. The summed E-state index contributed by atoms with van der Waals surface area (Å²) in [6, 6.07) is 7.58. The van der Waals surface area contributed by atoms with Gasteiger partial charge in [-0.25, -0.2) is 4.98 Å². The molecule has 1 aliphatic rings. The molecule has 1 N–H and O–H groups in total. The van der Waals surface area contributed by atoms with Crippen LogP contribution in [0.1, 0.15) is 25.9 Å². The Bertz CT molecular complexity index is 796. The lowest BCUT2D eigenvalue weighted by atomic mass is 10.2. The third-order valence-electron chi connectivity index (χ3n) is 4.41. The maximum atomic E-state index is 12.5. The van der Waals surface area contributed by atoms with Crippen molar-refractivity contribution in [3.05, 3.63) is 45.4 Å². The number of nitrogens with one attached hydrogen (secondary N) is 1. The van der Waals surface area contributed by atoms with E-state index in [0.717, 1.165) is 21.9 Å². The van der Waals surface area contributed by atoms with Crippen molar-refractivity contribution in [3.63, 3.8) is 0 Å². The predicted molar refractivity (Wildman–Crippen MR) is 102 cm³/mol. The van der Waals surface area contributed by atoms with Crippen LogP contribution in [-0.4, -0.2) is 55.6 Å². The second-order valence-corrected chi connectivity index (χ2v) is 7.32. The molecule has 7 nitrogen and oxygen atoms in total. The zero-order valence-corrected chi connectivity index (χ0v) is 16.3. The molecule has 1 aliphatic heterocycles. The number of amides is 2. The maximum Gasteiger partial charge on any atom is 0.280 e. The number of fused-ring (bicyclic) bond motifs is 1. The Kier molecular flexibility index (Phi) is 6.41. The van der Waals surface area contributed by atoms with Gasteiger partial charge < -0.3 is 19.7 Å². The van der Waals surface area contributed by atoms with Gasteiger partial charge >= 0.3 is 0 Å². The maximum absolute atomic E-state index is 12.5. The quantitative estimate of drug-likeness (QED) is 0.813. The zero-order chi connectivity index (χ0) is 19.2. The molecule has 0 fully saturated rings. The van der Waals surface area contributed by atoms with Crippen LogP contribution in [0.5, 0.6) is 5.75 Å². The summed E-state index contributed by atoms with van der Waals surface area (Å²) in [6.45, 7) is 1.74. The Morgan fingerprint density at radius 2 is 2.07 bits per heavy atom. The van der Waals surface area contributed by atoms with Crippen LogP contribution in [0.3, 0.4) is 0 Å². The highest BCUT2D eigenvalue weighted by molar-refractivity contribution is 7.13. The van der Waals surface area contributed by atoms with Gasteiger partial charge in [-0.15, -0.1) is 11.3 Å². The van der Waals surface area contributed by atoms with E-state index in [9.17, 15) is 9.59 Å². The fourth-order valence-corrected chi connectivity index (χ4v) is 3.98. The lowest BCUT2D eigenvalue weighted by molar-refractivity contribution is -0.135. The number of rotatable bonds is 6. The van der Waals surface area contributed by atoms with Crippen molar-refractivity contribution in [2.24, 2.45) is 0 Å². The third kappa shape index (κ3) is 4.84. The lowest BCUT2D eigenvalue weighted by Gasteiger charge is -2.19. The van der Waals surface area contributed by atoms with Crippen molar-refractivity contribution in [3.8, 4) is 5.75 Å². The molecule has 2 amide bonds. The number of benzene rings is 1. The summed E-state index contributed by atoms with van der Waals surface area (Å²) in [6.07, 6.45) is 1.37. The van der Waals surface area contributed by atoms with E-state index in [1.54, 1.807) is 12.0 Å². The van der Waals surface area contributed by atoms with E-state index in [1.165, 1.54) is 18.4 Å². The standard InChI is InChI=1S/C19H23N3O4S/c1-25-12-17(23)22-8-6-15-16(7-9-22)27-19(21-15)18(24)20-11-13-4-3-5-14(10-13)26-2/h3-5,10H,6-9,11-12H2,1-2H3,(H,20,24). The summed E-state index contributed by atoms with van der Waals surface area (Å²) in [5, 5.41) is 3.38. The number of methoxy groups -OCH3 is 2. The molecule has 3 rings (SSSR count). The van der Waals surface area contributed by atoms with E-state index in [-0.39, 0.29) is 18.4 Å². The largest absolute Gasteiger partial charge is 0.497 e. The summed E-state index contributed by atoms with van der Waals surface area (Å²) >= 11 is 1.41. The van der Waals surface area contributed by atoms with Gasteiger partial charge in [0.25, 0.3) is 5.91 Å². The Labute approximate surface area is 162 Å². The van der Waals surface area contributed by atoms with Crippen molar-refractivity contribution in [2.45, 2.75) is 19.4 Å². The minimum Gasteiger partial charge on any atom is -0.497 e. The Hall–Kier alpha value is -2.45. The van der Waals surface area contributed by atoms with Crippen LogP contribution in [-0.2, 0) is 28.9 Å². The summed E-state index contributed by atoms with van der Waals surface area (Å²) in [4.78, 5) is 31.8. The molecule has 8 heteroatoms. The van der Waals surface area contributed by atoms with Crippen LogP contribution in [0.15, 0.2) is 24.3 Å². The molecule has 2 aromatic rings. The highest BCUT2D eigenvalue weighted by atomic mass is 32.1. The molecule has 0 saturated carbocycles. The number of aromatic nitrogens is 1. The van der Waals surface area contributed by atoms with Crippen LogP contribution < -0.4 is 10.1 Å². The molecule has 0 saturated heterocycles. The summed E-state index contributed by atoms with van der Waals surface area (Å²) in [5.74, 6) is 0.572. The van der Waals surface area contributed by atoms with Crippen LogP contribution in [0.4, 0.5) is 0 Å². The summed E-state index contributed by atoms with van der Waals surface area (Å²) in [7, 11) is 3.13. The van der Waals surface area contributed by atoms with Crippen LogP contribution in [0.2, 0.25) is 0 Å². The summed E-state index contributed by atoms with van der Waals surface area (Å²) in [5.41, 5.74) is 1.88. The SMILES string of the molecule is COCC(=O)N1CCc2nc(C(=O)NCc3cccc(OC)c3)sc2CC1. The van der Waals surface area contributed by atoms with E-state index in [1.807, 2.05) is 24.3 Å². The van der Waals surface area contributed by atoms with Gasteiger partial charge in [-0.2, -0.15) is 0 Å². The molecule has 27 heavy (non-hydrogen) atoms.